The third kappa shape index (κ3) is 1.84. The Labute approximate surface area is 75.7 Å². The summed E-state index contributed by atoms with van der Waals surface area (Å²) >= 11 is 0. The Morgan fingerprint density at radius 2 is 2.08 bits per heavy atom. The van der Waals surface area contributed by atoms with Gasteiger partial charge in [0.25, 0.3) is 0 Å². The van der Waals surface area contributed by atoms with Crippen LogP contribution in [0, 0.1) is 0 Å². The third-order valence-electron chi connectivity index (χ3n) is 1.45. The molecule has 0 aliphatic heterocycles. The summed E-state index contributed by atoms with van der Waals surface area (Å²) in [5, 5.41) is 11.3. The van der Waals surface area contributed by atoms with E-state index in [1.165, 1.54) is 6.20 Å². The van der Waals surface area contributed by atoms with Crippen molar-refractivity contribution in [2.75, 3.05) is 19.0 Å². The van der Waals surface area contributed by atoms with E-state index in [-0.39, 0.29) is 5.84 Å². The molecule has 6 nitrogen and oxygen atoms in total. The highest BCUT2D eigenvalue weighted by molar-refractivity contribution is 5.99. The number of amidine groups is 1. The summed E-state index contributed by atoms with van der Waals surface area (Å²) in [5.74, 6) is 0.523. The number of anilines is 1. The van der Waals surface area contributed by atoms with Crippen molar-refractivity contribution in [3.63, 3.8) is 0 Å². The first-order chi connectivity index (χ1) is 6.16. The number of hydrogen-bond donors (Lipinski definition) is 2. The summed E-state index contributed by atoms with van der Waals surface area (Å²) in [6, 6.07) is 0. The summed E-state index contributed by atoms with van der Waals surface area (Å²) < 4.78 is 0. The van der Waals surface area contributed by atoms with E-state index in [0.29, 0.717) is 11.5 Å². The van der Waals surface area contributed by atoms with Crippen LogP contribution in [0.3, 0.4) is 0 Å². The molecule has 13 heavy (non-hydrogen) atoms. The highest BCUT2D eigenvalue weighted by atomic mass is 16.4. The van der Waals surface area contributed by atoms with Gasteiger partial charge in [0.15, 0.2) is 17.3 Å². The maximum atomic E-state index is 8.47. The van der Waals surface area contributed by atoms with Crippen LogP contribution in [0.5, 0.6) is 0 Å². The topological polar surface area (TPSA) is 87.6 Å². The Bertz CT molecular complexity index is 322. The van der Waals surface area contributed by atoms with Gasteiger partial charge in [-0.2, -0.15) is 0 Å². The molecule has 1 aromatic rings. The minimum atomic E-state index is -0.0446. The molecule has 1 rings (SSSR count). The van der Waals surface area contributed by atoms with Gasteiger partial charge in [-0.25, -0.2) is 9.97 Å². The number of hydrogen-bond acceptors (Lipinski definition) is 5. The second-order valence-corrected chi connectivity index (χ2v) is 2.61. The molecule has 0 fully saturated rings. The molecule has 0 aliphatic carbocycles. The Kier molecular flexibility index (Phi) is 2.63. The molecule has 0 saturated heterocycles. The molecule has 0 aromatic carbocycles. The van der Waals surface area contributed by atoms with E-state index < -0.39 is 0 Å². The van der Waals surface area contributed by atoms with Gasteiger partial charge in [0, 0.05) is 26.5 Å². The van der Waals surface area contributed by atoms with Gasteiger partial charge in [-0.05, 0) is 0 Å². The lowest BCUT2D eigenvalue weighted by atomic mass is 10.3. The van der Waals surface area contributed by atoms with Crippen molar-refractivity contribution >= 4 is 11.7 Å². The minimum absolute atomic E-state index is 0.0446. The minimum Gasteiger partial charge on any atom is -0.409 e. The largest absolute Gasteiger partial charge is 0.409 e. The van der Waals surface area contributed by atoms with Crippen LogP contribution in [0.1, 0.15) is 5.69 Å². The van der Waals surface area contributed by atoms with E-state index >= 15 is 0 Å². The molecule has 0 bridgehead atoms. The van der Waals surface area contributed by atoms with Gasteiger partial charge in [-0.3, -0.25) is 0 Å². The van der Waals surface area contributed by atoms with Gasteiger partial charge in [0.05, 0.1) is 0 Å². The first kappa shape index (κ1) is 9.24. The van der Waals surface area contributed by atoms with Gasteiger partial charge in [0.2, 0.25) is 0 Å². The average Bonchev–Trinajstić information content (AvgIpc) is 2.16. The fourth-order valence-electron chi connectivity index (χ4n) is 0.886. The summed E-state index contributed by atoms with van der Waals surface area (Å²) in [7, 11) is 3.61. The number of nitrogens with zero attached hydrogens (tertiary/aromatic N) is 4. The normalized spacial score (nSPS) is 11.4. The highest BCUT2D eigenvalue weighted by Gasteiger charge is 2.10. The fraction of sp³-hybridized carbons (Fsp3) is 0.286. The van der Waals surface area contributed by atoms with Crippen molar-refractivity contribution in [2.45, 2.75) is 0 Å². The number of nitrogens with two attached hydrogens (primary N) is 1. The maximum absolute atomic E-state index is 8.47. The number of oxime groups is 1. The second-order valence-electron chi connectivity index (χ2n) is 2.61. The first-order valence-electron chi connectivity index (χ1n) is 3.63. The van der Waals surface area contributed by atoms with Crippen LogP contribution in [0.2, 0.25) is 0 Å². The molecule has 6 heteroatoms. The molecule has 0 unspecified atom stereocenters. The van der Waals surface area contributed by atoms with Crippen molar-refractivity contribution in [3.05, 3.63) is 18.1 Å². The summed E-state index contributed by atoms with van der Waals surface area (Å²) in [6.45, 7) is 0. The Morgan fingerprint density at radius 1 is 1.46 bits per heavy atom. The van der Waals surface area contributed by atoms with E-state index in [0.717, 1.165) is 0 Å². The summed E-state index contributed by atoms with van der Waals surface area (Å²) in [5.41, 5.74) is 5.77. The van der Waals surface area contributed by atoms with E-state index in [9.17, 15) is 0 Å². The molecule has 0 spiro atoms. The van der Waals surface area contributed by atoms with Gasteiger partial charge in [-0.15, -0.1) is 0 Å². The molecule has 1 heterocycles. The van der Waals surface area contributed by atoms with Crippen LogP contribution in [-0.2, 0) is 0 Å². The zero-order chi connectivity index (χ0) is 9.84. The van der Waals surface area contributed by atoms with Crippen molar-refractivity contribution < 1.29 is 5.21 Å². The highest BCUT2D eigenvalue weighted by Crippen LogP contribution is 2.10. The molecular formula is C7H11N5O. The van der Waals surface area contributed by atoms with Gasteiger partial charge >= 0.3 is 0 Å². The molecule has 0 atom stereocenters. The quantitative estimate of drug-likeness (QED) is 0.281. The maximum Gasteiger partial charge on any atom is 0.192 e. The molecule has 3 N–H and O–H groups in total. The first-order valence-corrected chi connectivity index (χ1v) is 3.63. The smallest absolute Gasteiger partial charge is 0.192 e. The Balaban J connectivity index is 3.20. The zero-order valence-electron chi connectivity index (χ0n) is 7.47. The second kappa shape index (κ2) is 3.70. The standard InChI is InChI=1S/C7H11N5O/c1-12(2)7-5(6(8)11-13)9-3-4-10-7/h3-4,13H,1-2H3,(H2,8,11). The van der Waals surface area contributed by atoms with E-state index in [2.05, 4.69) is 15.1 Å². The van der Waals surface area contributed by atoms with Crippen LogP contribution in [0.25, 0.3) is 0 Å². The van der Waals surface area contributed by atoms with Gasteiger partial charge in [0.1, 0.15) is 0 Å². The van der Waals surface area contributed by atoms with Gasteiger partial charge < -0.3 is 15.8 Å². The third-order valence-corrected chi connectivity index (χ3v) is 1.45. The molecule has 1 aromatic heterocycles. The monoisotopic (exact) mass is 181 g/mol. The van der Waals surface area contributed by atoms with Crippen LogP contribution in [0.15, 0.2) is 17.5 Å². The van der Waals surface area contributed by atoms with E-state index in [1.807, 2.05) is 0 Å². The summed E-state index contributed by atoms with van der Waals surface area (Å²) in [6.07, 6.45) is 3.03. The van der Waals surface area contributed by atoms with Crippen molar-refractivity contribution in [3.8, 4) is 0 Å². The lowest BCUT2D eigenvalue weighted by Gasteiger charge is -2.13. The van der Waals surface area contributed by atoms with E-state index in [4.69, 9.17) is 10.9 Å². The summed E-state index contributed by atoms with van der Waals surface area (Å²) in [4.78, 5) is 9.73. The average molecular weight is 181 g/mol. The molecule has 0 radical (unpaired) electrons. The fourth-order valence-corrected chi connectivity index (χ4v) is 0.886. The molecule has 0 amide bonds. The van der Waals surface area contributed by atoms with Crippen LogP contribution in [-0.4, -0.2) is 35.1 Å². The molecule has 70 valence electrons. The van der Waals surface area contributed by atoms with E-state index in [1.54, 1.807) is 25.2 Å². The van der Waals surface area contributed by atoms with Gasteiger partial charge in [-0.1, -0.05) is 5.16 Å². The van der Waals surface area contributed by atoms with Crippen LogP contribution < -0.4 is 10.6 Å². The Hall–Kier alpha value is -1.85. The zero-order valence-corrected chi connectivity index (χ0v) is 7.47. The number of aromatic nitrogens is 2. The van der Waals surface area contributed by atoms with Crippen molar-refractivity contribution in [1.29, 1.82) is 0 Å². The number of rotatable bonds is 2. The van der Waals surface area contributed by atoms with Crippen molar-refractivity contribution in [1.82, 2.24) is 9.97 Å². The van der Waals surface area contributed by atoms with Crippen LogP contribution in [0.4, 0.5) is 5.82 Å². The lowest BCUT2D eigenvalue weighted by Crippen LogP contribution is -2.22. The Morgan fingerprint density at radius 3 is 2.62 bits per heavy atom. The SMILES string of the molecule is CN(C)c1nccnc1/C(N)=N/O. The molecular weight excluding hydrogens is 170 g/mol. The lowest BCUT2D eigenvalue weighted by molar-refractivity contribution is 0.318. The predicted molar refractivity (Wildman–Crippen MR) is 48.9 cm³/mol. The predicted octanol–water partition coefficient (Wildman–Crippen LogP) is -0.363. The van der Waals surface area contributed by atoms with Crippen LogP contribution >= 0.6 is 0 Å². The molecule has 0 saturated carbocycles. The van der Waals surface area contributed by atoms with Crippen molar-refractivity contribution in [2.24, 2.45) is 10.9 Å². The molecule has 0 aliphatic rings.